The van der Waals surface area contributed by atoms with Crippen LogP contribution in [0.2, 0.25) is 5.02 Å². The minimum atomic E-state index is -2.87. The summed E-state index contributed by atoms with van der Waals surface area (Å²) < 4.78 is 30.2. The number of aromatic nitrogens is 4. The van der Waals surface area contributed by atoms with E-state index >= 15 is 0 Å². The Balaban J connectivity index is 1.15. The van der Waals surface area contributed by atoms with Crippen molar-refractivity contribution >= 4 is 34.4 Å². The van der Waals surface area contributed by atoms with Crippen LogP contribution in [0.1, 0.15) is 61.0 Å². The predicted molar refractivity (Wildman–Crippen MR) is 149 cm³/mol. The van der Waals surface area contributed by atoms with E-state index in [1.807, 2.05) is 41.0 Å². The lowest BCUT2D eigenvalue weighted by Crippen LogP contribution is -2.39. The van der Waals surface area contributed by atoms with Crippen molar-refractivity contribution in [1.29, 1.82) is 0 Å². The molecule has 4 aromatic rings. The Hall–Kier alpha value is -3.79. The fourth-order valence-corrected chi connectivity index (χ4v) is 5.65. The normalized spacial score (nSPS) is 19.2. The van der Waals surface area contributed by atoms with E-state index in [2.05, 4.69) is 20.6 Å². The largest absolute Gasteiger partial charge is 0.367 e. The summed E-state index contributed by atoms with van der Waals surface area (Å²) in [6.07, 6.45) is 5.22. The van der Waals surface area contributed by atoms with Gasteiger partial charge in [-0.25, -0.2) is 18.6 Å². The summed E-state index contributed by atoms with van der Waals surface area (Å²) >= 11 is 5.90. The average Bonchev–Trinajstić information content (AvgIpc) is 3.73. The molecule has 208 valence electrons. The molecule has 0 saturated heterocycles. The van der Waals surface area contributed by atoms with Gasteiger partial charge in [-0.3, -0.25) is 18.9 Å². The van der Waals surface area contributed by atoms with Gasteiger partial charge in [0.1, 0.15) is 11.5 Å². The molecule has 0 unspecified atom stereocenters. The number of fused-ring (bicyclic) bond motifs is 1. The minimum absolute atomic E-state index is 0.116. The number of nitrogens with one attached hydrogen (secondary N) is 2. The first-order valence-corrected chi connectivity index (χ1v) is 13.9. The maximum absolute atomic E-state index is 13.7. The van der Waals surface area contributed by atoms with E-state index in [1.165, 1.54) is 6.07 Å². The van der Waals surface area contributed by atoms with E-state index in [9.17, 15) is 18.4 Å². The van der Waals surface area contributed by atoms with Crippen LogP contribution in [0, 0.1) is 5.92 Å². The highest BCUT2D eigenvalue weighted by atomic mass is 35.5. The van der Waals surface area contributed by atoms with E-state index in [0.29, 0.717) is 31.1 Å². The molecule has 0 radical (unpaired) electrons. The Morgan fingerprint density at radius 3 is 2.38 bits per heavy atom. The third-order valence-electron chi connectivity index (χ3n) is 7.73. The summed E-state index contributed by atoms with van der Waals surface area (Å²) in [6.45, 7) is 0.551. The molecule has 40 heavy (non-hydrogen) atoms. The number of hydrogen-bond donors (Lipinski definition) is 2. The van der Waals surface area contributed by atoms with Crippen molar-refractivity contribution in [2.45, 2.75) is 63.6 Å². The standard InChI is InChI=1S/C29H29ClF2N6O2/c30-18-13-22(26(27(31)32)34-14-18)28(39)36-20-7-5-17(6-8-20)16-37-23-3-1-2-4-24(23)38(29(37)40)21-11-12-25(33-15-21)35-19-9-10-19/h1-4,11-15,17,19-20,27H,5-10,16H2,(H,33,35)(H,36,39)/t17-,20-. The van der Waals surface area contributed by atoms with Crippen LogP contribution in [0.25, 0.3) is 16.7 Å². The number of para-hydroxylation sites is 2. The number of alkyl halides is 2. The van der Waals surface area contributed by atoms with Gasteiger partial charge in [0.15, 0.2) is 0 Å². The highest BCUT2D eigenvalue weighted by Crippen LogP contribution is 2.29. The number of imidazole rings is 1. The molecule has 3 heterocycles. The zero-order valence-corrected chi connectivity index (χ0v) is 22.5. The van der Waals surface area contributed by atoms with Gasteiger partial charge in [0, 0.05) is 24.8 Å². The van der Waals surface area contributed by atoms with Crippen LogP contribution >= 0.6 is 11.6 Å². The molecule has 0 aliphatic heterocycles. The molecular formula is C29H29ClF2N6O2. The number of halogens is 3. The van der Waals surface area contributed by atoms with Crippen molar-refractivity contribution in [3.8, 4) is 5.69 Å². The number of carbonyl (C=O) groups is 1. The third-order valence-corrected chi connectivity index (χ3v) is 7.94. The van der Waals surface area contributed by atoms with Gasteiger partial charge in [-0.2, -0.15) is 0 Å². The van der Waals surface area contributed by atoms with Crippen molar-refractivity contribution in [1.82, 2.24) is 24.4 Å². The number of rotatable bonds is 8. The number of anilines is 1. The first kappa shape index (κ1) is 26.4. The number of hydrogen-bond acceptors (Lipinski definition) is 5. The number of pyridine rings is 2. The van der Waals surface area contributed by atoms with Gasteiger partial charge in [-0.05, 0) is 74.8 Å². The van der Waals surface area contributed by atoms with Gasteiger partial charge in [0.25, 0.3) is 12.3 Å². The van der Waals surface area contributed by atoms with Crippen molar-refractivity contribution < 1.29 is 13.6 Å². The highest BCUT2D eigenvalue weighted by Gasteiger charge is 2.27. The molecule has 0 atom stereocenters. The predicted octanol–water partition coefficient (Wildman–Crippen LogP) is 5.74. The summed E-state index contributed by atoms with van der Waals surface area (Å²) in [5.74, 6) is 0.446. The van der Waals surface area contributed by atoms with Crippen molar-refractivity contribution in [3.63, 3.8) is 0 Å². The second-order valence-electron chi connectivity index (χ2n) is 10.6. The fourth-order valence-electron chi connectivity index (χ4n) is 5.49. The molecule has 0 spiro atoms. The summed E-state index contributed by atoms with van der Waals surface area (Å²) in [4.78, 5) is 34.6. The molecular weight excluding hydrogens is 538 g/mol. The smallest absolute Gasteiger partial charge is 0.333 e. The second kappa shape index (κ2) is 11.0. The summed E-state index contributed by atoms with van der Waals surface area (Å²) in [7, 11) is 0. The van der Waals surface area contributed by atoms with Crippen LogP contribution < -0.4 is 16.3 Å². The van der Waals surface area contributed by atoms with E-state index in [-0.39, 0.29) is 28.2 Å². The third kappa shape index (κ3) is 5.45. The molecule has 3 aromatic heterocycles. The van der Waals surface area contributed by atoms with Gasteiger partial charge in [-0.1, -0.05) is 23.7 Å². The lowest BCUT2D eigenvalue weighted by Gasteiger charge is -2.29. The lowest BCUT2D eigenvalue weighted by molar-refractivity contribution is 0.0904. The van der Waals surface area contributed by atoms with E-state index in [0.717, 1.165) is 48.7 Å². The zero-order chi connectivity index (χ0) is 27.8. The molecule has 8 nitrogen and oxygen atoms in total. The molecule has 1 aromatic carbocycles. The van der Waals surface area contributed by atoms with Crippen molar-refractivity contribution in [2.24, 2.45) is 5.92 Å². The van der Waals surface area contributed by atoms with Gasteiger partial charge in [0.2, 0.25) is 0 Å². The van der Waals surface area contributed by atoms with Crippen LogP contribution in [0.4, 0.5) is 14.6 Å². The Morgan fingerprint density at radius 2 is 1.70 bits per heavy atom. The fraction of sp³-hybridized carbons (Fsp3) is 0.379. The SMILES string of the molecule is O=C(N[C@H]1CC[C@H](Cn2c(=O)n(-c3ccc(NC4CC4)nc3)c3ccccc32)CC1)c1cc(Cl)cnc1C(F)F. The molecule has 6 rings (SSSR count). The van der Waals surface area contributed by atoms with E-state index in [4.69, 9.17) is 11.6 Å². The maximum atomic E-state index is 13.7. The first-order valence-electron chi connectivity index (χ1n) is 13.5. The maximum Gasteiger partial charge on any atom is 0.333 e. The molecule has 2 aliphatic carbocycles. The van der Waals surface area contributed by atoms with Crippen LogP contribution in [0.5, 0.6) is 0 Å². The summed E-state index contributed by atoms with van der Waals surface area (Å²) in [6, 6.07) is 13.1. The monoisotopic (exact) mass is 566 g/mol. The molecule has 2 N–H and O–H groups in total. The lowest BCUT2D eigenvalue weighted by atomic mass is 9.85. The zero-order valence-electron chi connectivity index (χ0n) is 21.7. The molecule has 1 amide bonds. The van der Waals surface area contributed by atoms with Crippen LogP contribution in [0.3, 0.4) is 0 Å². The van der Waals surface area contributed by atoms with Gasteiger partial charge >= 0.3 is 5.69 Å². The molecule has 0 bridgehead atoms. The Bertz CT molecular complexity index is 1590. The molecule has 2 saturated carbocycles. The average molecular weight is 567 g/mol. The quantitative estimate of drug-likeness (QED) is 0.284. The summed E-state index contributed by atoms with van der Waals surface area (Å²) in [5, 5.41) is 6.37. The van der Waals surface area contributed by atoms with Gasteiger partial charge in [-0.15, -0.1) is 0 Å². The van der Waals surface area contributed by atoms with Crippen molar-refractivity contribution in [3.05, 3.63) is 81.6 Å². The van der Waals surface area contributed by atoms with E-state index < -0.39 is 18.0 Å². The Kier molecular flexibility index (Phi) is 7.27. The van der Waals surface area contributed by atoms with Crippen LogP contribution in [-0.4, -0.2) is 37.1 Å². The van der Waals surface area contributed by atoms with Gasteiger partial charge < -0.3 is 10.6 Å². The minimum Gasteiger partial charge on any atom is -0.367 e. The second-order valence-corrected chi connectivity index (χ2v) is 11.1. The number of nitrogens with zero attached hydrogens (tertiary/aromatic N) is 4. The topological polar surface area (TPSA) is 93.8 Å². The van der Waals surface area contributed by atoms with E-state index in [1.54, 1.807) is 10.8 Å². The van der Waals surface area contributed by atoms with Gasteiger partial charge in [0.05, 0.1) is 33.5 Å². The molecule has 11 heteroatoms. The Morgan fingerprint density at radius 1 is 0.975 bits per heavy atom. The van der Waals surface area contributed by atoms with Crippen molar-refractivity contribution in [2.75, 3.05) is 5.32 Å². The Labute approximate surface area is 234 Å². The first-order chi connectivity index (χ1) is 19.4. The highest BCUT2D eigenvalue weighted by molar-refractivity contribution is 6.30. The number of amides is 1. The summed E-state index contributed by atoms with van der Waals surface area (Å²) in [5.41, 5.74) is 1.50. The molecule has 2 aliphatic rings. The van der Waals surface area contributed by atoms with Crippen LogP contribution in [0.15, 0.2) is 59.7 Å². The molecule has 2 fully saturated rings. The number of carbonyl (C=O) groups excluding carboxylic acids is 1. The number of benzene rings is 1. The van der Waals surface area contributed by atoms with Crippen LogP contribution in [-0.2, 0) is 6.54 Å².